The topological polar surface area (TPSA) is 12.0 Å². The Morgan fingerprint density at radius 1 is 1.12 bits per heavy atom. The molecule has 2 fully saturated rings. The predicted molar refractivity (Wildman–Crippen MR) is 70.6 cm³/mol. The van der Waals surface area contributed by atoms with Crippen LogP contribution in [0.25, 0.3) is 0 Å². The summed E-state index contributed by atoms with van der Waals surface area (Å²) in [6, 6.07) is 1.65. The molecule has 3 atom stereocenters. The summed E-state index contributed by atoms with van der Waals surface area (Å²) in [5, 5.41) is 3.89. The molecular weight excluding hydrogens is 194 g/mol. The maximum Gasteiger partial charge on any atom is 0.0127 e. The van der Waals surface area contributed by atoms with E-state index >= 15 is 0 Å². The SMILES string of the molecule is CCCC1CCCC(NC2CC2(C)C)CC1. The average molecular weight is 223 g/mol. The highest BCUT2D eigenvalue weighted by molar-refractivity contribution is 5.02. The maximum atomic E-state index is 3.89. The van der Waals surface area contributed by atoms with Crippen LogP contribution in [0.2, 0.25) is 0 Å². The van der Waals surface area contributed by atoms with Crippen molar-refractivity contribution in [3.05, 3.63) is 0 Å². The van der Waals surface area contributed by atoms with E-state index in [1.807, 2.05) is 0 Å². The molecule has 0 saturated heterocycles. The van der Waals surface area contributed by atoms with Crippen molar-refractivity contribution in [3.63, 3.8) is 0 Å². The van der Waals surface area contributed by atoms with Crippen LogP contribution >= 0.6 is 0 Å². The van der Waals surface area contributed by atoms with Crippen LogP contribution in [0.4, 0.5) is 0 Å². The smallest absolute Gasteiger partial charge is 0.0127 e. The lowest BCUT2D eigenvalue weighted by Gasteiger charge is -2.18. The molecule has 0 amide bonds. The Kier molecular flexibility index (Phi) is 3.94. The third-order valence-electron chi connectivity index (χ3n) is 4.74. The van der Waals surface area contributed by atoms with Crippen molar-refractivity contribution >= 4 is 0 Å². The van der Waals surface area contributed by atoms with E-state index in [9.17, 15) is 0 Å². The van der Waals surface area contributed by atoms with E-state index in [4.69, 9.17) is 0 Å². The van der Waals surface area contributed by atoms with Gasteiger partial charge in [-0.25, -0.2) is 0 Å². The molecule has 0 radical (unpaired) electrons. The molecule has 2 aliphatic rings. The summed E-state index contributed by atoms with van der Waals surface area (Å²) in [5.74, 6) is 1.03. The number of hydrogen-bond donors (Lipinski definition) is 1. The van der Waals surface area contributed by atoms with Crippen molar-refractivity contribution in [1.82, 2.24) is 5.32 Å². The Labute approximate surface area is 101 Å². The van der Waals surface area contributed by atoms with Gasteiger partial charge in [-0.1, -0.05) is 46.5 Å². The highest BCUT2D eigenvalue weighted by Crippen LogP contribution is 2.45. The first-order chi connectivity index (χ1) is 7.62. The van der Waals surface area contributed by atoms with E-state index in [0.717, 1.165) is 18.0 Å². The summed E-state index contributed by atoms with van der Waals surface area (Å²) < 4.78 is 0. The van der Waals surface area contributed by atoms with Gasteiger partial charge in [-0.3, -0.25) is 0 Å². The first-order valence-corrected chi connectivity index (χ1v) is 7.38. The monoisotopic (exact) mass is 223 g/mol. The second-order valence-electron chi connectivity index (χ2n) is 6.77. The van der Waals surface area contributed by atoms with Gasteiger partial charge in [0.25, 0.3) is 0 Å². The van der Waals surface area contributed by atoms with Crippen LogP contribution in [0, 0.1) is 11.3 Å². The molecule has 0 aromatic heterocycles. The summed E-state index contributed by atoms with van der Waals surface area (Å²) in [5.41, 5.74) is 0.592. The highest BCUT2D eigenvalue weighted by Gasteiger charge is 2.46. The zero-order chi connectivity index (χ0) is 11.6. The number of rotatable bonds is 4. The normalized spacial score (nSPS) is 38.1. The van der Waals surface area contributed by atoms with Crippen LogP contribution in [-0.2, 0) is 0 Å². The first kappa shape index (κ1) is 12.4. The van der Waals surface area contributed by atoms with Gasteiger partial charge in [0.1, 0.15) is 0 Å². The Morgan fingerprint density at radius 3 is 2.50 bits per heavy atom. The van der Waals surface area contributed by atoms with E-state index in [1.54, 1.807) is 0 Å². The van der Waals surface area contributed by atoms with Gasteiger partial charge in [-0.2, -0.15) is 0 Å². The molecule has 1 nitrogen and oxygen atoms in total. The largest absolute Gasteiger partial charge is 0.311 e. The Bertz CT molecular complexity index is 221. The average Bonchev–Trinajstić information content (AvgIpc) is 2.87. The van der Waals surface area contributed by atoms with Crippen molar-refractivity contribution in [2.24, 2.45) is 11.3 Å². The Morgan fingerprint density at radius 2 is 1.88 bits per heavy atom. The van der Waals surface area contributed by atoms with Crippen molar-refractivity contribution < 1.29 is 0 Å². The fourth-order valence-corrected chi connectivity index (χ4v) is 3.28. The predicted octanol–water partition coefficient (Wildman–Crippen LogP) is 4.12. The second-order valence-corrected chi connectivity index (χ2v) is 6.77. The minimum absolute atomic E-state index is 0.592. The van der Waals surface area contributed by atoms with Gasteiger partial charge in [0.2, 0.25) is 0 Å². The minimum atomic E-state index is 0.592. The van der Waals surface area contributed by atoms with Crippen molar-refractivity contribution in [3.8, 4) is 0 Å². The number of nitrogens with one attached hydrogen (secondary N) is 1. The molecule has 3 unspecified atom stereocenters. The highest BCUT2D eigenvalue weighted by atomic mass is 15.0. The minimum Gasteiger partial charge on any atom is -0.311 e. The molecule has 0 aromatic rings. The quantitative estimate of drug-likeness (QED) is 0.707. The van der Waals surface area contributed by atoms with Crippen molar-refractivity contribution in [2.75, 3.05) is 0 Å². The van der Waals surface area contributed by atoms with Crippen LogP contribution in [-0.4, -0.2) is 12.1 Å². The molecule has 2 saturated carbocycles. The van der Waals surface area contributed by atoms with E-state index in [-0.39, 0.29) is 0 Å². The molecular formula is C15H29N. The van der Waals surface area contributed by atoms with E-state index in [2.05, 4.69) is 26.1 Å². The fraction of sp³-hybridized carbons (Fsp3) is 1.00. The van der Waals surface area contributed by atoms with Gasteiger partial charge in [0, 0.05) is 12.1 Å². The standard InChI is InChI=1S/C15H29N/c1-4-6-12-7-5-8-13(10-9-12)16-14-11-15(14,2)3/h12-14,16H,4-11H2,1-3H3. The van der Waals surface area contributed by atoms with E-state index in [0.29, 0.717) is 5.41 Å². The van der Waals surface area contributed by atoms with E-state index in [1.165, 1.54) is 51.4 Å². The van der Waals surface area contributed by atoms with Crippen molar-refractivity contribution in [1.29, 1.82) is 0 Å². The lowest BCUT2D eigenvalue weighted by molar-refractivity contribution is 0.398. The lowest BCUT2D eigenvalue weighted by Crippen LogP contribution is -2.32. The first-order valence-electron chi connectivity index (χ1n) is 7.38. The van der Waals surface area contributed by atoms with Gasteiger partial charge in [0.15, 0.2) is 0 Å². The lowest BCUT2D eigenvalue weighted by atomic mass is 9.95. The maximum absolute atomic E-state index is 3.89. The molecule has 1 heteroatoms. The molecule has 94 valence electrons. The van der Waals surface area contributed by atoms with Crippen LogP contribution < -0.4 is 5.32 Å². The molecule has 0 aromatic carbocycles. The summed E-state index contributed by atoms with van der Waals surface area (Å²) in [4.78, 5) is 0. The van der Waals surface area contributed by atoms with Crippen LogP contribution in [0.15, 0.2) is 0 Å². The van der Waals surface area contributed by atoms with Gasteiger partial charge in [0.05, 0.1) is 0 Å². The van der Waals surface area contributed by atoms with Gasteiger partial charge in [-0.05, 0) is 37.0 Å². The molecule has 1 N–H and O–H groups in total. The fourth-order valence-electron chi connectivity index (χ4n) is 3.28. The van der Waals surface area contributed by atoms with Crippen LogP contribution in [0.5, 0.6) is 0 Å². The summed E-state index contributed by atoms with van der Waals surface area (Å²) in [6.07, 6.45) is 11.5. The third kappa shape index (κ3) is 3.23. The summed E-state index contributed by atoms with van der Waals surface area (Å²) in [7, 11) is 0. The van der Waals surface area contributed by atoms with Crippen molar-refractivity contribution in [2.45, 2.75) is 84.2 Å². The Hall–Kier alpha value is -0.0400. The molecule has 2 rings (SSSR count). The number of hydrogen-bond acceptors (Lipinski definition) is 1. The van der Waals surface area contributed by atoms with Gasteiger partial charge in [-0.15, -0.1) is 0 Å². The molecule has 2 aliphatic carbocycles. The molecule has 16 heavy (non-hydrogen) atoms. The van der Waals surface area contributed by atoms with Gasteiger partial charge < -0.3 is 5.32 Å². The zero-order valence-corrected chi connectivity index (χ0v) is 11.4. The second kappa shape index (κ2) is 5.08. The zero-order valence-electron chi connectivity index (χ0n) is 11.4. The summed E-state index contributed by atoms with van der Waals surface area (Å²) >= 11 is 0. The van der Waals surface area contributed by atoms with Crippen LogP contribution in [0.1, 0.15) is 72.1 Å². The molecule has 0 bridgehead atoms. The summed E-state index contributed by atoms with van der Waals surface area (Å²) in [6.45, 7) is 7.11. The molecule has 0 spiro atoms. The molecule has 0 aliphatic heterocycles. The Balaban J connectivity index is 1.72. The third-order valence-corrected chi connectivity index (χ3v) is 4.74. The van der Waals surface area contributed by atoms with Gasteiger partial charge >= 0.3 is 0 Å². The molecule has 0 heterocycles. The van der Waals surface area contributed by atoms with Crippen LogP contribution in [0.3, 0.4) is 0 Å². The van der Waals surface area contributed by atoms with E-state index < -0.39 is 0 Å².